The molecule has 0 N–H and O–H groups in total. The van der Waals surface area contributed by atoms with Crippen LogP contribution in [0.4, 0.5) is 0 Å². The zero-order chi connectivity index (χ0) is 11.4. The van der Waals surface area contributed by atoms with Crippen molar-refractivity contribution in [3.8, 4) is 5.75 Å². The molecule has 1 saturated carbocycles. The van der Waals surface area contributed by atoms with E-state index in [-0.39, 0.29) is 12.5 Å². The second-order valence-electron chi connectivity index (χ2n) is 4.32. The van der Waals surface area contributed by atoms with Crippen LogP contribution in [-0.4, -0.2) is 31.0 Å². The molecule has 1 aromatic carbocycles. The summed E-state index contributed by atoms with van der Waals surface area (Å²) in [5, 5.41) is 0. The third-order valence-corrected chi connectivity index (χ3v) is 2.76. The first-order valence-electron chi connectivity index (χ1n) is 5.67. The molecule has 0 saturated heterocycles. The van der Waals surface area contributed by atoms with Crippen LogP contribution in [0.1, 0.15) is 12.8 Å². The second-order valence-corrected chi connectivity index (χ2v) is 4.32. The molecule has 0 bridgehead atoms. The number of hydrogen-bond donors (Lipinski definition) is 0. The maximum absolute atomic E-state index is 11.7. The van der Waals surface area contributed by atoms with E-state index >= 15 is 0 Å². The minimum absolute atomic E-state index is 0.0516. The Balaban J connectivity index is 1.74. The van der Waals surface area contributed by atoms with E-state index in [0.717, 1.165) is 18.2 Å². The van der Waals surface area contributed by atoms with Crippen molar-refractivity contribution in [1.82, 2.24) is 4.90 Å². The van der Waals surface area contributed by atoms with E-state index in [2.05, 4.69) is 0 Å². The lowest BCUT2D eigenvalue weighted by molar-refractivity contribution is -0.132. The molecule has 1 aliphatic carbocycles. The second kappa shape index (κ2) is 5.01. The Morgan fingerprint density at radius 3 is 2.69 bits per heavy atom. The number of rotatable bonds is 5. The first-order chi connectivity index (χ1) is 7.75. The average molecular weight is 219 g/mol. The molecule has 0 heterocycles. The number of para-hydroxylation sites is 1. The molecule has 1 amide bonds. The van der Waals surface area contributed by atoms with Crippen LogP contribution < -0.4 is 4.74 Å². The summed E-state index contributed by atoms with van der Waals surface area (Å²) in [4.78, 5) is 13.4. The third kappa shape index (κ3) is 3.26. The van der Waals surface area contributed by atoms with Gasteiger partial charge in [-0.05, 0) is 30.9 Å². The molecule has 1 fully saturated rings. The highest BCUT2D eigenvalue weighted by atomic mass is 16.5. The van der Waals surface area contributed by atoms with Crippen LogP contribution in [0.15, 0.2) is 30.3 Å². The molecule has 0 radical (unpaired) electrons. The van der Waals surface area contributed by atoms with Crippen molar-refractivity contribution in [3.63, 3.8) is 0 Å². The molecule has 1 aliphatic rings. The molecule has 3 heteroatoms. The minimum Gasteiger partial charge on any atom is -0.484 e. The zero-order valence-corrected chi connectivity index (χ0v) is 9.56. The number of hydrogen-bond acceptors (Lipinski definition) is 2. The van der Waals surface area contributed by atoms with Gasteiger partial charge in [-0.1, -0.05) is 18.2 Å². The van der Waals surface area contributed by atoms with E-state index in [1.165, 1.54) is 12.8 Å². The highest BCUT2D eigenvalue weighted by molar-refractivity contribution is 5.77. The molecule has 0 aromatic heterocycles. The van der Waals surface area contributed by atoms with Crippen LogP contribution >= 0.6 is 0 Å². The summed E-state index contributed by atoms with van der Waals surface area (Å²) < 4.78 is 5.40. The maximum Gasteiger partial charge on any atom is 0.260 e. The van der Waals surface area contributed by atoms with Gasteiger partial charge in [0.1, 0.15) is 5.75 Å². The van der Waals surface area contributed by atoms with Gasteiger partial charge < -0.3 is 9.64 Å². The molecule has 2 rings (SSSR count). The van der Waals surface area contributed by atoms with Gasteiger partial charge in [-0.25, -0.2) is 0 Å². The highest BCUT2D eigenvalue weighted by Crippen LogP contribution is 2.29. The lowest BCUT2D eigenvalue weighted by atomic mass is 10.3. The van der Waals surface area contributed by atoms with E-state index < -0.39 is 0 Å². The largest absolute Gasteiger partial charge is 0.484 e. The summed E-state index contributed by atoms with van der Waals surface area (Å²) in [6.45, 7) is 1.00. The molecule has 0 aliphatic heterocycles. The van der Waals surface area contributed by atoms with Gasteiger partial charge in [0.25, 0.3) is 5.91 Å². The van der Waals surface area contributed by atoms with Gasteiger partial charge in [-0.2, -0.15) is 0 Å². The zero-order valence-electron chi connectivity index (χ0n) is 9.56. The highest BCUT2D eigenvalue weighted by Gasteiger charge is 2.24. The van der Waals surface area contributed by atoms with Crippen molar-refractivity contribution >= 4 is 5.91 Å². The lowest BCUT2D eigenvalue weighted by Gasteiger charge is -2.16. The van der Waals surface area contributed by atoms with Crippen LogP contribution in [0.2, 0.25) is 0 Å². The van der Waals surface area contributed by atoms with Crippen molar-refractivity contribution in [3.05, 3.63) is 30.3 Å². The monoisotopic (exact) mass is 219 g/mol. The van der Waals surface area contributed by atoms with Crippen molar-refractivity contribution in [2.75, 3.05) is 20.2 Å². The molecular formula is C13H17NO2. The molecule has 16 heavy (non-hydrogen) atoms. The summed E-state index contributed by atoms with van der Waals surface area (Å²) in [7, 11) is 1.84. The average Bonchev–Trinajstić information content (AvgIpc) is 3.11. The fourth-order valence-corrected chi connectivity index (χ4v) is 1.56. The van der Waals surface area contributed by atoms with E-state index in [1.54, 1.807) is 4.90 Å². The van der Waals surface area contributed by atoms with E-state index in [9.17, 15) is 4.79 Å². The van der Waals surface area contributed by atoms with Gasteiger partial charge in [-0.3, -0.25) is 4.79 Å². The van der Waals surface area contributed by atoms with Crippen LogP contribution in [0.25, 0.3) is 0 Å². The number of benzene rings is 1. The van der Waals surface area contributed by atoms with E-state index in [1.807, 2.05) is 37.4 Å². The number of likely N-dealkylation sites (N-methyl/N-ethyl adjacent to an activating group) is 1. The number of nitrogens with zero attached hydrogens (tertiary/aromatic N) is 1. The summed E-state index contributed by atoms with van der Waals surface area (Å²) in [6.07, 6.45) is 2.52. The normalized spacial score (nSPS) is 14.6. The quantitative estimate of drug-likeness (QED) is 0.757. The van der Waals surface area contributed by atoms with Gasteiger partial charge in [0.05, 0.1) is 0 Å². The van der Waals surface area contributed by atoms with Gasteiger partial charge in [-0.15, -0.1) is 0 Å². The maximum atomic E-state index is 11.7. The van der Waals surface area contributed by atoms with Gasteiger partial charge in [0, 0.05) is 13.6 Å². The van der Waals surface area contributed by atoms with E-state index in [0.29, 0.717) is 0 Å². The van der Waals surface area contributed by atoms with E-state index in [4.69, 9.17) is 4.74 Å². The van der Waals surface area contributed by atoms with Crippen LogP contribution in [0.5, 0.6) is 5.75 Å². The van der Waals surface area contributed by atoms with Crippen LogP contribution in [-0.2, 0) is 4.79 Å². The Labute approximate surface area is 96.0 Å². The smallest absolute Gasteiger partial charge is 0.260 e. The Hall–Kier alpha value is -1.51. The van der Waals surface area contributed by atoms with Crippen molar-refractivity contribution in [2.24, 2.45) is 5.92 Å². The molecule has 0 spiro atoms. The minimum atomic E-state index is 0.0516. The molecule has 0 atom stereocenters. The standard InChI is InChI=1S/C13H17NO2/c1-14(9-11-7-8-11)13(15)10-16-12-5-3-2-4-6-12/h2-6,11H,7-10H2,1H3. The SMILES string of the molecule is CN(CC1CC1)C(=O)COc1ccccc1. The Kier molecular flexibility index (Phi) is 3.44. The third-order valence-electron chi connectivity index (χ3n) is 2.76. The lowest BCUT2D eigenvalue weighted by Crippen LogP contribution is -2.32. The summed E-state index contributed by atoms with van der Waals surface area (Å²) >= 11 is 0. The van der Waals surface area contributed by atoms with Gasteiger partial charge >= 0.3 is 0 Å². The molecular weight excluding hydrogens is 202 g/mol. The summed E-state index contributed by atoms with van der Waals surface area (Å²) in [5.41, 5.74) is 0. The van der Waals surface area contributed by atoms with Crippen molar-refractivity contribution < 1.29 is 9.53 Å². The molecule has 0 unspecified atom stereocenters. The predicted octanol–water partition coefficient (Wildman–Crippen LogP) is 1.93. The van der Waals surface area contributed by atoms with Crippen molar-refractivity contribution in [1.29, 1.82) is 0 Å². The molecule has 3 nitrogen and oxygen atoms in total. The summed E-state index contributed by atoms with van der Waals surface area (Å²) in [6, 6.07) is 9.43. The fourth-order valence-electron chi connectivity index (χ4n) is 1.56. The Morgan fingerprint density at radius 1 is 1.38 bits per heavy atom. The first kappa shape index (κ1) is 11.0. The molecule has 1 aromatic rings. The first-order valence-corrected chi connectivity index (χ1v) is 5.67. The Morgan fingerprint density at radius 2 is 2.06 bits per heavy atom. The molecule has 86 valence electrons. The number of amides is 1. The predicted molar refractivity (Wildman–Crippen MR) is 62.3 cm³/mol. The van der Waals surface area contributed by atoms with Crippen LogP contribution in [0, 0.1) is 5.92 Å². The number of ether oxygens (including phenoxy) is 1. The number of carbonyl (C=O) groups is 1. The van der Waals surface area contributed by atoms with Gasteiger partial charge in [0.2, 0.25) is 0 Å². The van der Waals surface area contributed by atoms with Gasteiger partial charge in [0.15, 0.2) is 6.61 Å². The topological polar surface area (TPSA) is 29.5 Å². The Bertz CT molecular complexity index is 346. The fraction of sp³-hybridized carbons (Fsp3) is 0.462. The number of carbonyl (C=O) groups excluding carboxylic acids is 1. The van der Waals surface area contributed by atoms with Crippen LogP contribution in [0.3, 0.4) is 0 Å². The summed E-state index contributed by atoms with van der Waals surface area (Å²) in [5.74, 6) is 1.53. The van der Waals surface area contributed by atoms with Crippen molar-refractivity contribution in [2.45, 2.75) is 12.8 Å².